The molecule has 1 aromatic carbocycles. The van der Waals surface area contributed by atoms with Crippen LogP contribution in [0.25, 0.3) is 0 Å². The van der Waals surface area contributed by atoms with Gasteiger partial charge in [0.25, 0.3) is 0 Å². The van der Waals surface area contributed by atoms with E-state index in [4.69, 9.17) is 14.7 Å². The monoisotopic (exact) mass is 427 g/mol. The van der Waals surface area contributed by atoms with E-state index in [1.54, 1.807) is 18.2 Å². The summed E-state index contributed by atoms with van der Waals surface area (Å²) < 4.78 is 10.8. The fraction of sp³-hybridized carbons (Fsp3) is 0.500. The Hall–Kier alpha value is -2.11. The molecule has 8 heteroatoms. The van der Waals surface area contributed by atoms with Crippen LogP contribution in [0.15, 0.2) is 22.7 Å². The number of hydrogen-bond acceptors (Lipinski definition) is 6. The maximum absolute atomic E-state index is 12.5. The van der Waals surface area contributed by atoms with Crippen LogP contribution >= 0.6 is 15.9 Å². The fourth-order valence-corrected chi connectivity index (χ4v) is 2.52. The molecule has 0 radical (unpaired) electrons. The van der Waals surface area contributed by atoms with Crippen LogP contribution in [0.4, 0.5) is 4.79 Å². The minimum atomic E-state index is -0.760. The Morgan fingerprint density at radius 2 is 2.08 bits per heavy atom. The quantitative estimate of drug-likeness (QED) is 0.788. The maximum atomic E-state index is 12.5. The van der Waals surface area contributed by atoms with E-state index in [1.807, 2.05) is 6.07 Å². The molecule has 0 bridgehead atoms. The van der Waals surface area contributed by atoms with Gasteiger partial charge in [0.2, 0.25) is 5.91 Å². The van der Waals surface area contributed by atoms with Crippen LogP contribution in [0, 0.1) is 11.3 Å². The summed E-state index contributed by atoms with van der Waals surface area (Å²) in [4.78, 5) is 25.1. The van der Waals surface area contributed by atoms with Crippen molar-refractivity contribution in [3.63, 3.8) is 0 Å². The van der Waals surface area contributed by atoms with Gasteiger partial charge >= 0.3 is 6.09 Å². The number of hydrogen-bond donors (Lipinski definition) is 1. The lowest BCUT2D eigenvalue weighted by molar-refractivity contribution is -0.129. The van der Waals surface area contributed by atoms with Gasteiger partial charge in [-0.05, 0) is 19.2 Å². The van der Waals surface area contributed by atoms with Crippen molar-refractivity contribution in [3.05, 3.63) is 28.2 Å². The van der Waals surface area contributed by atoms with E-state index in [2.05, 4.69) is 35.5 Å². The Balaban J connectivity index is 0.00000113. The molecule has 1 atom stereocenters. The number of methoxy groups -OCH3 is 1. The summed E-state index contributed by atoms with van der Waals surface area (Å²) in [5.41, 5.74) is 5.08. The highest BCUT2D eigenvalue weighted by atomic mass is 79.9. The Labute approximate surface area is 163 Å². The Morgan fingerprint density at radius 1 is 1.46 bits per heavy atom. The van der Waals surface area contributed by atoms with Crippen LogP contribution < -0.4 is 10.5 Å². The predicted octanol–water partition coefficient (Wildman–Crippen LogP) is 3.42. The summed E-state index contributed by atoms with van der Waals surface area (Å²) in [6.45, 7) is 4.64. The van der Waals surface area contributed by atoms with E-state index in [9.17, 15) is 9.59 Å². The Morgan fingerprint density at radius 3 is 2.54 bits per heavy atom. The third-order valence-corrected chi connectivity index (χ3v) is 3.68. The summed E-state index contributed by atoms with van der Waals surface area (Å²) in [6, 6.07) is 7.18. The Bertz CT molecular complexity index is 631. The number of carbonyl (C=O) groups excluding carboxylic acids is 2. The first-order chi connectivity index (χ1) is 12.5. The van der Waals surface area contributed by atoms with Crippen molar-refractivity contribution in [1.82, 2.24) is 4.90 Å². The average Bonchev–Trinajstić information content (AvgIpc) is 3.07. The van der Waals surface area contributed by atoms with Gasteiger partial charge in [0.15, 0.2) is 0 Å². The number of nitriles is 1. The number of rotatable bonds is 4. The first kappa shape index (κ1) is 23.9. The first-order valence-electron chi connectivity index (χ1n) is 8.26. The van der Waals surface area contributed by atoms with Crippen LogP contribution in [0.3, 0.4) is 0 Å². The molecule has 0 aromatic heterocycles. The topological polar surface area (TPSA) is 106 Å². The van der Waals surface area contributed by atoms with Gasteiger partial charge in [0.05, 0.1) is 32.1 Å². The molecule has 0 aliphatic carbocycles. The molecule has 2 amide bonds. The van der Waals surface area contributed by atoms with Crippen molar-refractivity contribution in [2.75, 3.05) is 27.3 Å². The molecule has 1 saturated heterocycles. The largest absolute Gasteiger partial charge is 0.496 e. The van der Waals surface area contributed by atoms with Crippen molar-refractivity contribution in [2.24, 2.45) is 5.73 Å². The molecule has 1 aliphatic heterocycles. The number of carbonyl (C=O) groups is 2. The molecule has 144 valence electrons. The van der Waals surface area contributed by atoms with Crippen LogP contribution in [0.5, 0.6) is 5.75 Å². The highest BCUT2D eigenvalue weighted by Gasteiger charge is 2.35. The van der Waals surface area contributed by atoms with Crippen LogP contribution in [0.2, 0.25) is 0 Å². The minimum absolute atomic E-state index is 0.0411. The van der Waals surface area contributed by atoms with Gasteiger partial charge < -0.3 is 15.2 Å². The predicted molar refractivity (Wildman–Crippen MR) is 103 cm³/mol. The maximum Gasteiger partial charge on any atom is 0.416 e. The summed E-state index contributed by atoms with van der Waals surface area (Å²) >= 11 is 3.32. The van der Waals surface area contributed by atoms with Crippen molar-refractivity contribution in [3.8, 4) is 11.8 Å². The summed E-state index contributed by atoms with van der Waals surface area (Å²) in [6.07, 6.45) is 0.541. The smallest absolute Gasteiger partial charge is 0.416 e. The number of cyclic esters (lactones) is 1. The summed E-state index contributed by atoms with van der Waals surface area (Å²) in [5, 5.41) is 8.99. The van der Waals surface area contributed by atoms with E-state index in [0.717, 1.165) is 9.37 Å². The lowest BCUT2D eigenvalue weighted by atomic mass is 9.94. The zero-order valence-electron chi connectivity index (χ0n) is 15.6. The molecule has 0 saturated carbocycles. The molecule has 1 aromatic rings. The van der Waals surface area contributed by atoms with Crippen molar-refractivity contribution in [1.29, 1.82) is 5.26 Å². The molecular formula is C18H26BrN3O4. The van der Waals surface area contributed by atoms with Gasteiger partial charge in [0.1, 0.15) is 12.4 Å². The standard InChI is InChI=1S/C14H13BrN2O4.C3H8.CH5N/c1-20-12-8-9(15)2-3-10(12)11(4-5-16)13(18)17-6-7-21-14(17)19;1-3-2;1-2/h2-3,8,11H,4,6-7H2,1H3;3H2,1-2H3;2H2,1H3. The van der Waals surface area contributed by atoms with E-state index < -0.39 is 17.9 Å². The molecule has 7 nitrogen and oxygen atoms in total. The molecule has 2 rings (SSSR count). The first-order valence-corrected chi connectivity index (χ1v) is 9.05. The number of amides is 2. The number of ether oxygens (including phenoxy) is 2. The normalized spacial score (nSPS) is 13.3. The molecule has 26 heavy (non-hydrogen) atoms. The SMILES string of the molecule is CCC.CN.COc1cc(Br)ccc1C(CC#N)C(=O)N1CCOC1=O. The summed E-state index contributed by atoms with van der Waals surface area (Å²) in [5.74, 6) is -0.714. The van der Waals surface area contributed by atoms with E-state index in [0.29, 0.717) is 11.3 Å². The third-order valence-electron chi connectivity index (χ3n) is 3.19. The fourth-order valence-electron chi connectivity index (χ4n) is 2.18. The van der Waals surface area contributed by atoms with Crippen molar-refractivity contribution >= 4 is 27.9 Å². The zero-order chi connectivity index (χ0) is 20.1. The molecule has 1 aliphatic rings. The second-order valence-electron chi connectivity index (χ2n) is 5.11. The number of nitrogens with zero attached hydrogens (tertiary/aromatic N) is 2. The second kappa shape index (κ2) is 13.1. The van der Waals surface area contributed by atoms with Crippen molar-refractivity contribution in [2.45, 2.75) is 32.6 Å². The molecule has 2 N–H and O–H groups in total. The molecular weight excluding hydrogens is 402 g/mol. The van der Waals surface area contributed by atoms with Gasteiger partial charge in [-0.2, -0.15) is 5.26 Å². The zero-order valence-corrected chi connectivity index (χ0v) is 17.2. The van der Waals surface area contributed by atoms with Gasteiger partial charge in [-0.1, -0.05) is 42.3 Å². The van der Waals surface area contributed by atoms with Gasteiger partial charge in [0, 0.05) is 10.0 Å². The van der Waals surface area contributed by atoms with Crippen molar-refractivity contribution < 1.29 is 19.1 Å². The molecule has 0 spiro atoms. The molecule has 1 fully saturated rings. The lowest BCUT2D eigenvalue weighted by Gasteiger charge is -2.20. The van der Waals surface area contributed by atoms with Crippen LogP contribution in [-0.2, 0) is 9.53 Å². The highest BCUT2D eigenvalue weighted by Crippen LogP contribution is 2.33. The van der Waals surface area contributed by atoms with Gasteiger partial charge in [-0.3, -0.25) is 4.79 Å². The van der Waals surface area contributed by atoms with Gasteiger partial charge in [-0.15, -0.1) is 0 Å². The number of nitrogens with two attached hydrogens (primary N) is 1. The van der Waals surface area contributed by atoms with Crippen LogP contribution in [0.1, 0.15) is 38.2 Å². The van der Waals surface area contributed by atoms with E-state index in [1.165, 1.54) is 20.6 Å². The molecule has 1 heterocycles. The summed E-state index contributed by atoms with van der Waals surface area (Å²) in [7, 11) is 2.99. The number of benzene rings is 1. The minimum Gasteiger partial charge on any atom is -0.496 e. The number of halogens is 1. The van der Waals surface area contributed by atoms with E-state index in [-0.39, 0.29) is 19.6 Å². The Kier molecular flexibility index (Phi) is 12.1. The highest BCUT2D eigenvalue weighted by molar-refractivity contribution is 9.10. The molecule has 1 unspecified atom stereocenters. The van der Waals surface area contributed by atoms with E-state index >= 15 is 0 Å². The lowest BCUT2D eigenvalue weighted by Crippen LogP contribution is -2.35. The van der Waals surface area contributed by atoms with Gasteiger partial charge in [-0.25, -0.2) is 9.69 Å². The number of imide groups is 1. The average molecular weight is 428 g/mol. The van der Waals surface area contributed by atoms with Crippen LogP contribution in [-0.4, -0.2) is 44.2 Å². The third kappa shape index (κ3) is 6.65. The second-order valence-corrected chi connectivity index (χ2v) is 6.03.